The number of rotatable bonds is 5. The summed E-state index contributed by atoms with van der Waals surface area (Å²) >= 11 is 0. The van der Waals surface area contributed by atoms with Gasteiger partial charge in [-0.3, -0.25) is 15.5 Å². The van der Waals surface area contributed by atoms with Gasteiger partial charge in [-0.1, -0.05) is 42.7 Å². The van der Waals surface area contributed by atoms with E-state index in [-0.39, 0.29) is 54.6 Å². The largest absolute Gasteiger partial charge is 0.451 e. The number of aromatic nitrogens is 2. The number of nitrogens with two attached hydrogens (primary N) is 1. The molecule has 190 valence electrons. The van der Waals surface area contributed by atoms with E-state index in [9.17, 15) is 4.79 Å². The second kappa shape index (κ2) is 11.5. The molecule has 2 atom stereocenters. The molecule has 5 rings (SSSR count). The van der Waals surface area contributed by atoms with E-state index in [0.717, 1.165) is 47.5 Å². The number of hydrogen-bond acceptors (Lipinski definition) is 6. The Morgan fingerprint density at radius 1 is 1.06 bits per heavy atom. The zero-order chi connectivity index (χ0) is 23.7. The van der Waals surface area contributed by atoms with E-state index >= 15 is 0 Å². The molecule has 0 saturated heterocycles. The van der Waals surface area contributed by atoms with E-state index in [1.807, 2.05) is 49.4 Å². The van der Waals surface area contributed by atoms with Gasteiger partial charge < -0.3 is 20.8 Å². The Balaban J connectivity index is 0.00000180. The van der Waals surface area contributed by atoms with Gasteiger partial charge in [-0.2, -0.15) is 4.98 Å². The topological polar surface area (TPSA) is 142 Å². The lowest BCUT2D eigenvalue weighted by molar-refractivity contribution is 0.0998. The van der Waals surface area contributed by atoms with Crippen molar-refractivity contribution < 1.29 is 9.21 Å². The molecule has 9 nitrogen and oxygen atoms in total. The van der Waals surface area contributed by atoms with Gasteiger partial charge in [0.15, 0.2) is 11.7 Å². The molecule has 1 saturated carbocycles. The number of carbonyl (C=O) groups excluding carboxylic acids is 1. The van der Waals surface area contributed by atoms with Crippen molar-refractivity contribution in [2.24, 2.45) is 5.73 Å². The van der Waals surface area contributed by atoms with Crippen LogP contribution in [0.15, 0.2) is 52.9 Å². The average molecular weight is 530 g/mol. The molecule has 2 heterocycles. The summed E-state index contributed by atoms with van der Waals surface area (Å²) in [5.74, 6) is 0.566. The summed E-state index contributed by atoms with van der Waals surface area (Å²) < 4.78 is 5.68. The number of guanidine groups is 1. The Labute approximate surface area is 221 Å². The van der Waals surface area contributed by atoms with Gasteiger partial charge in [-0.05, 0) is 44.0 Å². The highest BCUT2D eigenvalue weighted by Gasteiger charge is 2.26. The Bertz CT molecular complexity index is 1360. The first-order valence-electron chi connectivity index (χ1n) is 11.4. The standard InChI is InChI=1S/C25H27N7O2.2ClH/c1-14-10-11-17-16(12-14)22(28-18-7-3-4-8-19(18)29-24(26)27)31-25(30-17)32-23(33)21-13-15-6-2-5-9-20(15)34-21;;/h2,5-6,9-13,18-19H,3-4,7-8H2,1H3,(H4,26,27,29)(H2,28,30,31,32,33);2*1H/t18-,19+;;/m0../s1. The lowest BCUT2D eigenvalue weighted by Gasteiger charge is -2.33. The Hall–Kier alpha value is -3.56. The maximum Gasteiger partial charge on any atom is 0.293 e. The Morgan fingerprint density at radius 3 is 2.56 bits per heavy atom. The van der Waals surface area contributed by atoms with E-state index in [1.165, 1.54) is 0 Å². The van der Waals surface area contributed by atoms with Crippen LogP contribution in [0.4, 0.5) is 11.8 Å². The molecular weight excluding hydrogens is 501 g/mol. The van der Waals surface area contributed by atoms with Gasteiger partial charge in [0.1, 0.15) is 11.4 Å². The van der Waals surface area contributed by atoms with Crippen LogP contribution in [0.5, 0.6) is 0 Å². The number of para-hydroxylation sites is 1. The van der Waals surface area contributed by atoms with Crippen molar-refractivity contribution in [3.05, 3.63) is 59.9 Å². The summed E-state index contributed by atoms with van der Waals surface area (Å²) in [5, 5.41) is 18.8. The second-order valence-corrected chi connectivity index (χ2v) is 8.72. The highest BCUT2D eigenvalue weighted by molar-refractivity contribution is 6.04. The zero-order valence-corrected chi connectivity index (χ0v) is 21.3. The summed E-state index contributed by atoms with van der Waals surface area (Å²) in [6, 6.07) is 15.1. The van der Waals surface area contributed by atoms with Gasteiger partial charge in [-0.25, -0.2) is 4.98 Å². The van der Waals surface area contributed by atoms with Crippen LogP contribution in [0.1, 0.15) is 41.8 Å². The number of halogens is 2. The molecule has 6 N–H and O–H groups in total. The van der Waals surface area contributed by atoms with Crippen molar-refractivity contribution in [3.8, 4) is 0 Å². The molecule has 0 aliphatic heterocycles. The van der Waals surface area contributed by atoms with Crippen LogP contribution >= 0.6 is 24.8 Å². The number of furan rings is 1. The summed E-state index contributed by atoms with van der Waals surface area (Å²) in [6.07, 6.45) is 3.98. The van der Waals surface area contributed by atoms with Gasteiger partial charge >= 0.3 is 0 Å². The molecule has 1 fully saturated rings. The molecule has 11 heteroatoms. The van der Waals surface area contributed by atoms with E-state index in [4.69, 9.17) is 15.6 Å². The molecule has 0 bridgehead atoms. The number of carbonyl (C=O) groups is 1. The van der Waals surface area contributed by atoms with E-state index in [2.05, 4.69) is 25.9 Å². The minimum Gasteiger partial charge on any atom is -0.451 e. The normalized spacial score (nSPS) is 17.0. The fourth-order valence-electron chi connectivity index (χ4n) is 4.52. The van der Waals surface area contributed by atoms with Crippen molar-refractivity contribution in [1.29, 1.82) is 5.41 Å². The third kappa shape index (κ3) is 5.80. The maximum atomic E-state index is 12.9. The number of benzene rings is 2. The molecule has 0 spiro atoms. The third-order valence-electron chi connectivity index (χ3n) is 6.15. The molecule has 2 aromatic heterocycles. The number of nitrogens with zero attached hydrogens (tertiary/aromatic N) is 2. The minimum atomic E-state index is -0.414. The van der Waals surface area contributed by atoms with Gasteiger partial charge in [0.05, 0.1) is 5.52 Å². The summed E-state index contributed by atoms with van der Waals surface area (Å²) in [5.41, 5.74) is 8.06. The number of hydrogen-bond donors (Lipinski definition) is 5. The van der Waals surface area contributed by atoms with Crippen LogP contribution in [0.2, 0.25) is 0 Å². The highest BCUT2D eigenvalue weighted by atomic mass is 35.5. The Kier molecular flexibility index (Phi) is 8.60. The van der Waals surface area contributed by atoms with Gasteiger partial charge in [0.2, 0.25) is 5.95 Å². The summed E-state index contributed by atoms with van der Waals surface area (Å²) in [6.45, 7) is 2.02. The van der Waals surface area contributed by atoms with E-state index < -0.39 is 5.91 Å². The number of amides is 1. The lowest BCUT2D eigenvalue weighted by Crippen LogP contribution is -2.50. The minimum absolute atomic E-state index is 0. The van der Waals surface area contributed by atoms with Crippen LogP contribution in [-0.2, 0) is 0 Å². The molecule has 0 radical (unpaired) electrons. The van der Waals surface area contributed by atoms with Crippen molar-refractivity contribution >= 4 is 70.3 Å². The number of anilines is 2. The maximum absolute atomic E-state index is 12.9. The van der Waals surface area contributed by atoms with E-state index in [0.29, 0.717) is 11.4 Å². The molecule has 0 unspecified atom stereocenters. The molecule has 1 amide bonds. The first-order chi connectivity index (χ1) is 16.5. The van der Waals surface area contributed by atoms with Crippen LogP contribution in [-0.4, -0.2) is 33.9 Å². The molecule has 1 aliphatic rings. The summed E-state index contributed by atoms with van der Waals surface area (Å²) in [4.78, 5) is 22.1. The first-order valence-corrected chi connectivity index (χ1v) is 11.4. The van der Waals surface area contributed by atoms with Gasteiger partial charge in [-0.15, -0.1) is 24.8 Å². The van der Waals surface area contributed by atoms with Gasteiger partial charge in [0.25, 0.3) is 5.91 Å². The fraction of sp³-hybridized carbons (Fsp3) is 0.280. The smallest absolute Gasteiger partial charge is 0.293 e. The van der Waals surface area contributed by atoms with Crippen molar-refractivity contribution in [1.82, 2.24) is 15.3 Å². The monoisotopic (exact) mass is 529 g/mol. The summed E-state index contributed by atoms with van der Waals surface area (Å²) in [7, 11) is 0. The fourth-order valence-corrected chi connectivity index (χ4v) is 4.52. The third-order valence-corrected chi connectivity index (χ3v) is 6.15. The van der Waals surface area contributed by atoms with Crippen LogP contribution in [0.25, 0.3) is 21.9 Å². The second-order valence-electron chi connectivity index (χ2n) is 8.72. The number of fused-ring (bicyclic) bond motifs is 2. The number of nitrogens with one attached hydrogen (secondary N) is 4. The number of aryl methyl sites for hydroxylation is 1. The molecule has 4 aromatic rings. The molecular formula is C25H29Cl2N7O2. The molecule has 2 aromatic carbocycles. The van der Waals surface area contributed by atoms with Crippen molar-refractivity contribution in [2.75, 3.05) is 10.6 Å². The zero-order valence-electron chi connectivity index (χ0n) is 19.7. The quantitative estimate of drug-likeness (QED) is 0.181. The van der Waals surface area contributed by atoms with Crippen molar-refractivity contribution in [2.45, 2.75) is 44.7 Å². The predicted molar refractivity (Wildman–Crippen MR) is 148 cm³/mol. The van der Waals surface area contributed by atoms with Crippen LogP contribution < -0.4 is 21.7 Å². The van der Waals surface area contributed by atoms with Crippen molar-refractivity contribution in [3.63, 3.8) is 0 Å². The Morgan fingerprint density at radius 2 is 1.81 bits per heavy atom. The first kappa shape index (κ1) is 27.0. The SMILES string of the molecule is Cc1ccc2nc(NC(=O)c3cc4ccccc4o3)nc(N[C@H]3CCCC[C@H]3NC(=N)N)c2c1.Cl.Cl. The molecule has 1 aliphatic carbocycles. The van der Waals surface area contributed by atoms with E-state index in [1.54, 1.807) is 6.07 Å². The average Bonchev–Trinajstić information content (AvgIpc) is 3.25. The molecule has 36 heavy (non-hydrogen) atoms. The van der Waals surface area contributed by atoms with Crippen LogP contribution in [0.3, 0.4) is 0 Å². The highest BCUT2D eigenvalue weighted by Crippen LogP contribution is 2.28. The van der Waals surface area contributed by atoms with Gasteiger partial charge in [0, 0.05) is 22.9 Å². The van der Waals surface area contributed by atoms with Crippen LogP contribution in [0, 0.1) is 12.3 Å². The lowest BCUT2D eigenvalue weighted by atomic mass is 9.90. The predicted octanol–water partition coefficient (Wildman–Crippen LogP) is 4.99.